The molecular formula is C14H18N2. The summed E-state index contributed by atoms with van der Waals surface area (Å²) in [7, 11) is 0. The largest absolute Gasteiger partial charge is 0.387 e. The van der Waals surface area contributed by atoms with E-state index in [-0.39, 0.29) is 0 Å². The molecule has 0 aliphatic heterocycles. The summed E-state index contributed by atoms with van der Waals surface area (Å²) >= 11 is 0. The number of nitrogens with two attached hydrogens (primary N) is 1. The number of rotatable bonds is 3. The van der Waals surface area contributed by atoms with Crippen LogP contribution in [0.1, 0.15) is 18.9 Å². The van der Waals surface area contributed by atoms with Gasteiger partial charge >= 0.3 is 0 Å². The molecule has 0 amide bonds. The lowest BCUT2D eigenvalue weighted by Gasteiger charge is -2.08. The molecule has 1 aliphatic carbocycles. The molecule has 0 fully saturated rings. The summed E-state index contributed by atoms with van der Waals surface area (Å²) in [5, 5.41) is 0. The third-order valence-corrected chi connectivity index (χ3v) is 2.96. The van der Waals surface area contributed by atoms with Crippen LogP contribution in [0.15, 0.2) is 47.5 Å². The van der Waals surface area contributed by atoms with Crippen molar-refractivity contribution in [3.05, 3.63) is 48.0 Å². The standard InChI is InChI=1S/C14H18N2/c1-11-7-8-13(9-11)14(15)16-10-12-5-3-2-4-6-12/h2-8,11,13H,9-10H2,1H3,(H2,15,16). The second-order valence-electron chi connectivity index (χ2n) is 4.43. The zero-order chi connectivity index (χ0) is 11.4. The summed E-state index contributed by atoms with van der Waals surface area (Å²) in [6.07, 6.45) is 5.49. The number of hydrogen-bond acceptors (Lipinski definition) is 1. The van der Waals surface area contributed by atoms with Crippen molar-refractivity contribution in [1.29, 1.82) is 0 Å². The minimum atomic E-state index is 0.346. The van der Waals surface area contributed by atoms with E-state index in [1.807, 2.05) is 18.2 Å². The molecule has 0 bridgehead atoms. The average Bonchev–Trinajstić information content (AvgIpc) is 2.74. The zero-order valence-electron chi connectivity index (χ0n) is 9.63. The second-order valence-corrected chi connectivity index (χ2v) is 4.43. The fourth-order valence-electron chi connectivity index (χ4n) is 1.98. The van der Waals surface area contributed by atoms with Crippen molar-refractivity contribution in [2.75, 3.05) is 0 Å². The van der Waals surface area contributed by atoms with Crippen LogP contribution in [0.2, 0.25) is 0 Å². The van der Waals surface area contributed by atoms with Gasteiger partial charge in [0.05, 0.1) is 6.54 Å². The minimum Gasteiger partial charge on any atom is -0.387 e. The third kappa shape index (κ3) is 2.72. The number of aliphatic imine (C=N–C) groups is 1. The van der Waals surface area contributed by atoms with Crippen molar-refractivity contribution >= 4 is 5.84 Å². The van der Waals surface area contributed by atoms with E-state index in [1.54, 1.807) is 0 Å². The van der Waals surface area contributed by atoms with Gasteiger partial charge in [-0.1, -0.05) is 49.4 Å². The Hall–Kier alpha value is -1.57. The van der Waals surface area contributed by atoms with Gasteiger partial charge in [-0.3, -0.25) is 4.99 Å². The van der Waals surface area contributed by atoms with E-state index in [4.69, 9.17) is 5.73 Å². The first-order chi connectivity index (χ1) is 7.75. The molecule has 2 unspecified atom stereocenters. The van der Waals surface area contributed by atoms with Crippen molar-refractivity contribution in [2.45, 2.75) is 19.9 Å². The molecule has 2 heteroatoms. The molecule has 0 saturated carbocycles. The van der Waals surface area contributed by atoms with E-state index < -0.39 is 0 Å². The summed E-state index contributed by atoms with van der Waals surface area (Å²) in [5.41, 5.74) is 7.20. The highest BCUT2D eigenvalue weighted by Crippen LogP contribution is 2.22. The SMILES string of the molecule is CC1C=CC(C(N)=NCc2ccccc2)C1. The Morgan fingerprint density at radius 3 is 2.69 bits per heavy atom. The van der Waals surface area contributed by atoms with Crippen LogP contribution in [0, 0.1) is 11.8 Å². The van der Waals surface area contributed by atoms with Gasteiger partial charge < -0.3 is 5.73 Å². The van der Waals surface area contributed by atoms with Gasteiger partial charge in [-0.15, -0.1) is 0 Å². The van der Waals surface area contributed by atoms with Crippen LogP contribution in [0.3, 0.4) is 0 Å². The van der Waals surface area contributed by atoms with Crippen LogP contribution in [-0.4, -0.2) is 5.84 Å². The quantitative estimate of drug-likeness (QED) is 0.469. The molecule has 16 heavy (non-hydrogen) atoms. The molecule has 1 aliphatic rings. The topological polar surface area (TPSA) is 38.4 Å². The third-order valence-electron chi connectivity index (χ3n) is 2.96. The van der Waals surface area contributed by atoms with Crippen LogP contribution in [0.5, 0.6) is 0 Å². The maximum absolute atomic E-state index is 5.99. The first-order valence-electron chi connectivity index (χ1n) is 5.78. The van der Waals surface area contributed by atoms with Gasteiger partial charge in [-0.2, -0.15) is 0 Å². The van der Waals surface area contributed by atoms with Crippen molar-refractivity contribution in [3.8, 4) is 0 Å². The van der Waals surface area contributed by atoms with E-state index in [0.717, 1.165) is 12.3 Å². The highest BCUT2D eigenvalue weighted by Gasteiger charge is 2.17. The van der Waals surface area contributed by atoms with E-state index in [1.165, 1.54) is 5.56 Å². The highest BCUT2D eigenvalue weighted by atomic mass is 14.9. The van der Waals surface area contributed by atoms with Gasteiger partial charge in [0.2, 0.25) is 0 Å². The molecule has 0 heterocycles. The number of allylic oxidation sites excluding steroid dienone is 1. The highest BCUT2D eigenvalue weighted by molar-refractivity contribution is 5.84. The Morgan fingerprint density at radius 2 is 2.06 bits per heavy atom. The molecule has 0 radical (unpaired) electrons. The first-order valence-corrected chi connectivity index (χ1v) is 5.78. The van der Waals surface area contributed by atoms with E-state index in [0.29, 0.717) is 18.4 Å². The number of nitrogens with zero attached hydrogens (tertiary/aromatic N) is 1. The molecule has 0 aromatic heterocycles. The molecule has 84 valence electrons. The maximum Gasteiger partial charge on any atom is 0.101 e. The number of benzene rings is 1. The Bertz CT molecular complexity index is 392. The van der Waals surface area contributed by atoms with Crippen molar-refractivity contribution in [2.24, 2.45) is 22.6 Å². The first kappa shape index (κ1) is 10.9. The normalized spacial score (nSPS) is 24.9. The maximum atomic E-state index is 5.99. The van der Waals surface area contributed by atoms with Crippen molar-refractivity contribution in [1.82, 2.24) is 0 Å². The lowest BCUT2D eigenvalue weighted by molar-refractivity contribution is 0.643. The molecule has 2 rings (SSSR count). The van der Waals surface area contributed by atoms with Crippen LogP contribution in [-0.2, 0) is 6.54 Å². The van der Waals surface area contributed by atoms with Gasteiger partial charge in [0, 0.05) is 5.92 Å². The smallest absolute Gasteiger partial charge is 0.101 e. The fourth-order valence-corrected chi connectivity index (χ4v) is 1.98. The predicted octanol–water partition coefficient (Wildman–Crippen LogP) is 2.76. The van der Waals surface area contributed by atoms with E-state index in [2.05, 4.69) is 36.2 Å². The number of hydrogen-bond donors (Lipinski definition) is 1. The molecule has 1 aromatic rings. The van der Waals surface area contributed by atoms with Gasteiger partial charge in [-0.05, 0) is 17.9 Å². The van der Waals surface area contributed by atoms with Gasteiger partial charge in [0.1, 0.15) is 5.84 Å². The van der Waals surface area contributed by atoms with E-state index in [9.17, 15) is 0 Å². The molecule has 1 aromatic carbocycles. The lowest BCUT2D eigenvalue weighted by Crippen LogP contribution is -2.21. The molecular weight excluding hydrogens is 196 g/mol. The predicted molar refractivity (Wildman–Crippen MR) is 68.2 cm³/mol. The molecule has 2 N–H and O–H groups in total. The van der Waals surface area contributed by atoms with Gasteiger partial charge in [0.15, 0.2) is 0 Å². The second kappa shape index (κ2) is 4.97. The Kier molecular flexibility index (Phi) is 3.40. The molecule has 2 atom stereocenters. The van der Waals surface area contributed by atoms with Crippen LogP contribution < -0.4 is 5.73 Å². The zero-order valence-corrected chi connectivity index (χ0v) is 9.63. The molecule has 0 saturated heterocycles. The van der Waals surface area contributed by atoms with E-state index >= 15 is 0 Å². The summed E-state index contributed by atoms with van der Waals surface area (Å²) in [6, 6.07) is 10.2. The fraction of sp³-hybridized carbons (Fsp3) is 0.357. The summed E-state index contributed by atoms with van der Waals surface area (Å²) in [5.74, 6) is 1.75. The van der Waals surface area contributed by atoms with Gasteiger partial charge in [-0.25, -0.2) is 0 Å². The lowest BCUT2D eigenvalue weighted by atomic mass is 10.0. The van der Waals surface area contributed by atoms with Crippen molar-refractivity contribution < 1.29 is 0 Å². The van der Waals surface area contributed by atoms with Crippen LogP contribution in [0.4, 0.5) is 0 Å². The summed E-state index contributed by atoms with van der Waals surface area (Å²) in [6.45, 7) is 2.90. The number of amidine groups is 1. The monoisotopic (exact) mass is 214 g/mol. The van der Waals surface area contributed by atoms with Crippen LogP contribution >= 0.6 is 0 Å². The minimum absolute atomic E-state index is 0.346. The van der Waals surface area contributed by atoms with Crippen LogP contribution in [0.25, 0.3) is 0 Å². The van der Waals surface area contributed by atoms with Crippen molar-refractivity contribution in [3.63, 3.8) is 0 Å². The Labute approximate surface area is 96.9 Å². The summed E-state index contributed by atoms with van der Waals surface area (Å²) < 4.78 is 0. The molecule has 0 spiro atoms. The molecule has 2 nitrogen and oxygen atoms in total. The average molecular weight is 214 g/mol. The van der Waals surface area contributed by atoms with Gasteiger partial charge in [0.25, 0.3) is 0 Å². The Balaban J connectivity index is 1.95. The summed E-state index contributed by atoms with van der Waals surface area (Å²) in [4.78, 5) is 4.45. The Morgan fingerprint density at radius 1 is 1.31 bits per heavy atom.